The highest BCUT2D eigenvalue weighted by Crippen LogP contribution is 2.34. The van der Waals surface area contributed by atoms with Crippen LogP contribution in [0.2, 0.25) is 0 Å². The van der Waals surface area contributed by atoms with E-state index in [0.717, 1.165) is 18.9 Å². The van der Waals surface area contributed by atoms with E-state index >= 15 is 0 Å². The quantitative estimate of drug-likeness (QED) is 0.635. The molecule has 2 N–H and O–H groups in total. The molecule has 0 radical (unpaired) electrons. The lowest BCUT2D eigenvalue weighted by molar-refractivity contribution is 0.620. The highest BCUT2D eigenvalue weighted by molar-refractivity contribution is 8.03. The van der Waals surface area contributed by atoms with Crippen molar-refractivity contribution in [2.45, 2.75) is 11.7 Å². The summed E-state index contributed by atoms with van der Waals surface area (Å²) in [7, 11) is 0. The molecule has 11 heavy (non-hydrogen) atoms. The second kappa shape index (κ2) is 2.99. The fourth-order valence-electron chi connectivity index (χ4n) is 1.55. The minimum absolute atomic E-state index is 0.641. The number of hydrogen-bond acceptors (Lipinski definition) is 3. The minimum atomic E-state index is 0.641. The Balaban J connectivity index is 2.07. The van der Waals surface area contributed by atoms with Gasteiger partial charge in [-0.25, -0.2) is 0 Å². The van der Waals surface area contributed by atoms with Crippen LogP contribution in [0.3, 0.4) is 0 Å². The monoisotopic (exact) mass is 168 g/mol. The number of nitrogens with zero attached hydrogens (tertiary/aromatic N) is 1. The van der Waals surface area contributed by atoms with Crippen LogP contribution in [0.4, 0.5) is 0 Å². The lowest BCUT2D eigenvalue weighted by Gasteiger charge is -2.22. The summed E-state index contributed by atoms with van der Waals surface area (Å²) >= 11 is 1.91. The molecular weight excluding hydrogens is 156 g/mol. The predicted molar refractivity (Wildman–Crippen MR) is 50.0 cm³/mol. The summed E-state index contributed by atoms with van der Waals surface area (Å²) in [6.07, 6.45) is 3.38. The van der Waals surface area contributed by atoms with Gasteiger partial charge in [0.1, 0.15) is 0 Å². The van der Waals surface area contributed by atoms with E-state index in [1.54, 1.807) is 0 Å². The third-order valence-electron chi connectivity index (χ3n) is 2.26. The summed E-state index contributed by atoms with van der Waals surface area (Å²) in [5.41, 5.74) is 6.72. The van der Waals surface area contributed by atoms with Crippen molar-refractivity contribution in [3.63, 3.8) is 0 Å². The predicted octanol–water partition coefficient (Wildman–Crippen LogP) is 1.04. The van der Waals surface area contributed by atoms with Crippen LogP contribution in [-0.2, 0) is 0 Å². The first kappa shape index (κ1) is 7.37. The number of aliphatic imine (C=N–C) groups is 1. The lowest BCUT2D eigenvalue weighted by atomic mass is 9.95. The van der Waals surface area contributed by atoms with Crippen molar-refractivity contribution < 1.29 is 0 Å². The van der Waals surface area contributed by atoms with Crippen LogP contribution in [-0.4, -0.2) is 24.1 Å². The highest BCUT2D eigenvalue weighted by atomic mass is 32.2. The van der Waals surface area contributed by atoms with Crippen molar-refractivity contribution in [3.05, 3.63) is 11.5 Å². The van der Waals surface area contributed by atoms with E-state index in [9.17, 15) is 0 Å². The Bertz CT molecular complexity index is 210. The molecule has 2 aliphatic rings. The summed E-state index contributed by atoms with van der Waals surface area (Å²) in [4.78, 5) is 4.42. The number of fused-ring (bicyclic) bond motifs is 1. The third kappa shape index (κ3) is 1.35. The molecule has 2 heterocycles. The molecule has 2 unspecified atom stereocenters. The van der Waals surface area contributed by atoms with Gasteiger partial charge >= 0.3 is 0 Å². The summed E-state index contributed by atoms with van der Waals surface area (Å²) in [5, 5.41) is 2.91. The van der Waals surface area contributed by atoms with Crippen molar-refractivity contribution >= 4 is 17.5 Å². The van der Waals surface area contributed by atoms with Gasteiger partial charge in [0.2, 0.25) is 0 Å². The normalized spacial score (nSPS) is 35.2. The molecule has 0 spiro atoms. The second-order valence-corrected chi connectivity index (χ2v) is 4.13. The Labute approximate surface area is 71.0 Å². The van der Waals surface area contributed by atoms with E-state index in [-0.39, 0.29) is 0 Å². The molecule has 0 bridgehead atoms. The van der Waals surface area contributed by atoms with Gasteiger partial charge in [-0.15, -0.1) is 11.8 Å². The summed E-state index contributed by atoms with van der Waals surface area (Å²) < 4.78 is 0. The molecule has 0 aromatic heterocycles. The van der Waals surface area contributed by atoms with Gasteiger partial charge in [-0.2, -0.15) is 0 Å². The van der Waals surface area contributed by atoms with Gasteiger partial charge in [-0.3, -0.25) is 4.99 Å². The first-order valence-electron chi connectivity index (χ1n) is 3.94. The average Bonchev–Trinajstić information content (AvgIpc) is 2.50. The molecule has 2 atom stereocenters. The number of rotatable bonds is 1. The van der Waals surface area contributed by atoms with E-state index in [1.165, 1.54) is 5.71 Å². The molecule has 2 nitrogen and oxygen atoms in total. The molecule has 0 amide bonds. The zero-order chi connectivity index (χ0) is 7.68. The van der Waals surface area contributed by atoms with Crippen molar-refractivity contribution in [2.24, 2.45) is 16.6 Å². The smallest absolute Gasteiger partial charge is 0.0517 e. The molecule has 0 saturated carbocycles. The molecule has 2 rings (SSSR count). The minimum Gasteiger partial charge on any atom is -0.326 e. The fourth-order valence-corrected chi connectivity index (χ4v) is 2.60. The molecule has 2 aliphatic heterocycles. The molecule has 0 aromatic carbocycles. The summed E-state index contributed by atoms with van der Waals surface area (Å²) in [5.74, 6) is 0.719. The summed E-state index contributed by atoms with van der Waals surface area (Å²) in [6.45, 7) is 1.61. The molecule has 0 fully saturated rings. The van der Waals surface area contributed by atoms with Crippen LogP contribution in [0.25, 0.3) is 0 Å². The second-order valence-electron chi connectivity index (χ2n) is 2.98. The Morgan fingerprint density at radius 2 is 2.64 bits per heavy atom. The van der Waals surface area contributed by atoms with Crippen LogP contribution in [0, 0.1) is 5.92 Å². The van der Waals surface area contributed by atoms with Gasteiger partial charge < -0.3 is 5.73 Å². The molecule has 0 aromatic rings. The number of nitrogens with two attached hydrogens (primary N) is 1. The van der Waals surface area contributed by atoms with Crippen LogP contribution in [0.5, 0.6) is 0 Å². The van der Waals surface area contributed by atoms with Gasteiger partial charge in [0.15, 0.2) is 0 Å². The Hall–Kier alpha value is -0.280. The van der Waals surface area contributed by atoms with Crippen LogP contribution in [0.15, 0.2) is 16.5 Å². The van der Waals surface area contributed by atoms with Gasteiger partial charge in [0.25, 0.3) is 0 Å². The summed E-state index contributed by atoms with van der Waals surface area (Å²) in [6, 6.07) is 0. The zero-order valence-corrected chi connectivity index (χ0v) is 7.18. The Morgan fingerprint density at radius 1 is 1.73 bits per heavy atom. The van der Waals surface area contributed by atoms with Crippen molar-refractivity contribution in [1.82, 2.24) is 0 Å². The van der Waals surface area contributed by atoms with Crippen molar-refractivity contribution in [1.29, 1.82) is 0 Å². The first-order chi connectivity index (χ1) is 5.40. The van der Waals surface area contributed by atoms with Gasteiger partial charge in [0.05, 0.1) is 6.54 Å². The highest BCUT2D eigenvalue weighted by Gasteiger charge is 2.27. The SMILES string of the molecule is NCC1=NCC2SC=CC2C1. The van der Waals surface area contributed by atoms with Gasteiger partial charge in [-0.05, 0) is 17.7 Å². The van der Waals surface area contributed by atoms with Crippen molar-refractivity contribution in [3.8, 4) is 0 Å². The lowest BCUT2D eigenvalue weighted by Crippen LogP contribution is -2.28. The first-order valence-corrected chi connectivity index (χ1v) is 4.89. The number of thioether (sulfide) groups is 1. The molecule has 0 aliphatic carbocycles. The molecular formula is C8H12N2S. The Morgan fingerprint density at radius 3 is 3.45 bits per heavy atom. The fraction of sp³-hybridized carbons (Fsp3) is 0.625. The maximum absolute atomic E-state index is 5.52. The van der Waals surface area contributed by atoms with E-state index in [4.69, 9.17) is 5.73 Å². The molecule has 3 heteroatoms. The van der Waals surface area contributed by atoms with Crippen LogP contribution in [0.1, 0.15) is 6.42 Å². The number of hydrogen-bond donors (Lipinski definition) is 1. The third-order valence-corrected chi connectivity index (χ3v) is 3.42. The van der Waals surface area contributed by atoms with E-state index in [2.05, 4.69) is 16.5 Å². The van der Waals surface area contributed by atoms with E-state index in [0.29, 0.717) is 11.8 Å². The largest absolute Gasteiger partial charge is 0.326 e. The average molecular weight is 168 g/mol. The maximum atomic E-state index is 5.52. The topological polar surface area (TPSA) is 38.4 Å². The molecule has 60 valence electrons. The molecule has 0 saturated heterocycles. The van der Waals surface area contributed by atoms with Gasteiger partial charge in [0, 0.05) is 17.5 Å². The van der Waals surface area contributed by atoms with Crippen LogP contribution >= 0.6 is 11.8 Å². The van der Waals surface area contributed by atoms with E-state index in [1.807, 2.05) is 11.8 Å². The maximum Gasteiger partial charge on any atom is 0.0517 e. The van der Waals surface area contributed by atoms with Crippen LogP contribution < -0.4 is 5.73 Å². The number of allylic oxidation sites excluding steroid dienone is 1. The standard InChI is InChI=1S/C8H12N2S/c9-4-7-3-6-1-2-11-8(6)5-10-7/h1-2,6,8H,3-5,9H2. The zero-order valence-electron chi connectivity index (χ0n) is 6.36. The Kier molecular flexibility index (Phi) is 2.00. The van der Waals surface area contributed by atoms with Crippen molar-refractivity contribution in [2.75, 3.05) is 13.1 Å². The van der Waals surface area contributed by atoms with Gasteiger partial charge in [-0.1, -0.05) is 6.08 Å². The van der Waals surface area contributed by atoms with E-state index < -0.39 is 0 Å².